The van der Waals surface area contributed by atoms with Gasteiger partial charge in [-0.05, 0) is 46.6 Å². The lowest BCUT2D eigenvalue weighted by Crippen LogP contribution is -2.32. The molecule has 0 aliphatic heterocycles. The Morgan fingerprint density at radius 1 is 1.30 bits per heavy atom. The largest absolute Gasteiger partial charge is 0.355 e. The lowest BCUT2D eigenvalue weighted by molar-refractivity contribution is -0.120. The second-order valence-corrected chi connectivity index (χ2v) is 7.70. The quantitative estimate of drug-likeness (QED) is 0.472. The first-order valence-electron chi connectivity index (χ1n) is 7.61. The second kappa shape index (κ2) is 8.40. The van der Waals surface area contributed by atoms with Gasteiger partial charge in [-0.15, -0.1) is 11.3 Å². The lowest BCUT2D eigenvalue weighted by Gasteiger charge is -2.11. The Balaban J connectivity index is 1.75. The van der Waals surface area contributed by atoms with E-state index in [1.165, 1.54) is 16.6 Å². The van der Waals surface area contributed by atoms with Gasteiger partial charge in [0, 0.05) is 22.8 Å². The minimum absolute atomic E-state index is 0.0267. The highest BCUT2D eigenvalue weighted by Gasteiger charge is 2.16. The molecule has 0 saturated heterocycles. The summed E-state index contributed by atoms with van der Waals surface area (Å²) in [6.45, 7) is 8.45. The molecule has 0 aliphatic carbocycles. The molecule has 0 saturated carbocycles. The van der Waals surface area contributed by atoms with Gasteiger partial charge in [-0.1, -0.05) is 11.8 Å². The molecule has 2 rings (SSSR count). The third kappa shape index (κ3) is 5.58. The highest BCUT2D eigenvalue weighted by Crippen LogP contribution is 2.20. The number of rotatable bonds is 7. The van der Waals surface area contributed by atoms with Gasteiger partial charge in [0.15, 0.2) is 5.16 Å². The topological polar surface area (TPSA) is 67.8 Å². The van der Waals surface area contributed by atoms with Crippen molar-refractivity contribution in [2.24, 2.45) is 0 Å². The van der Waals surface area contributed by atoms with Crippen molar-refractivity contribution in [1.82, 2.24) is 20.3 Å². The van der Waals surface area contributed by atoms with Gasteiger partial charge in [0.2, 0.25) is 5.91 Å². The first kappa shape index (κ1) is 17.9. The van der Waals surface area contributed by atoms with Crippen LogP contribution in [-0.2, 0) is 11.2 Å². The third-order valence-corrected chi connectivity index (χ3v) is 5.29. The number of aryl methyl sites for hydroxylation is 4. The summed E-state index contributed by atoms with van der Waals surface area (Å²) in [6, 6.07) is 1.93. The van der Waals surface area contributed by atoms with E-state index in [-0.39, 0.29) is 11.2 Å². The van der Waals surface area contributed by atoms with E-state index in [1.54, 1.807) is 11.3 Å². The number of aromatic nitrogens is 3. The molecule has 0 fully saturated rings. The van der Waals surface area contributed by atoms with Crippen LogP contribution >= 0.6 is 23.1 Å². The molecule has 0 aliphatic rings. The van der Waals surface area contributed by atoms with Gasteiger partial charge in [-0.2, -0.15) is 0 Å². The Morgan fingerprint density at radius 3 is 2.61 bits per heavy atom. The first-order valence-corrected chi connectivity index (χ1v) is 9.37. The Kier molecular flexibility index (Phi) is 6.53. The van der Waals surface area contributed by atoms with E-state index in [2.05, 4.69) is 20.3 Å². The highest BCUT2D eigenvalue weighted by molar-refractivity contribution is 8.00. The summed E-state index contributed by atoms with van der Waals surface area (Å²) in [5.74, 6) is 0.0267. The normalized spacial score (nSPS) is 12.2. The van der Waals surface area contributed by atoms with E-state index in [0.717, 1.165) is 29.9 Å². The predicted molar refractivity (Wildman–Crippen MR) is 95.0 cm³/mol. The van der Waals surface area contributed by atoms with E-state index in [9.17, 15) is 4.79 Å². The monoisotopic (exact) mass is 350 g/mol. The van der Waals surface area contributed by atoms with Gasteiger partial charge < -0.3 is 5.32 Å². The van der Waals surface area contributed by atoms with Crippen LogP contribution in [0.5, 0.6) is 0 Å². The van der Waals surface area contributed by atoms with Gasteiger partial charge in [-0.3, -0.25) is 4.79 Å². The van der Waals surface area contributed by atoms with E-state index in [4.69, 9.17) is 0 Å². The molecule has 1 atom stereocenters. The number of nitrogens with zero attached hydrogens (tertiary/aromatic N) is 3. The van der Waals surface area contributed by atoms with Crippen molar-refractivity contribution in [3.63, 3.8) is 0 Å². The van der Waals surface area contributed by atoms with Crippen molar-refractivity contribution >= 4 is 29.0 Å². The molecule has 2 aromatic rings. The molecule has 23 heavy (non-hydrogen) atoms. The molecule has 124 valence electrons. The molecule has 1 amide bonds. The number of carbonyl (C=O) groups is 1. The third-order valence-electron chi connectivity index (χ3n) is 3.34. The Morgan fingerprint density at radius 2 is 2.00 bits per heavy atom. The molecule has 0 bridgehead atoms. The SMILES string of the molecule is Cc1cc(C)nc(S[C@@H](C)C(=O)NCCCc2scnc2C)n1. The summed E-state index contributed by atoms with van der Waals surface area (Å²) in [5, 5.41) is 3.43. The summed E-state index contributed by atoms with van der Waals surface area (Å²) < 4.78 is 0. The molecule has 5 nitrogen and oxygen atoms in total. The van der Waals surface area contributed by atoms with Gasteiger partial charge in [-0.25, -0.2) is 15.0 Å². The number of thiazole rings is 1. The molecule has 2 aromatic heterocycles. The molecule has 0 radical (unpaired) electrons. The molecule has 2 heterocycles. The summed E-state index contributed by atoms with van der Waals surface area (Å²) in [4.78, 5) is 26.4. The maximum absolute atomic E-state index is 12.1. The Labute approximate surface area is 145 Å². The van der Waals surface area contributed by atoms with Crippen LogP contribution in [0.1, 0.15) is 35.3 Å². The second-order valence-electron chi connectivity index (χ2n) is 5.45. The fraction of sp³-hybridized carbons (Fsp3) is 0.500. The minimum atomic E-state index is -0.207. The van der Waals surface area contributed by atoms with Crippen LogP contribution in [0.3, 0.4) is 0 Å². The average molecular weight is 351 g/mol. The fourth-order valence-electron chi connectivity index (χ4n) is 2.13. The van der Waals surface area contributed by atoms with Gasteiger partial charge in [0.25, 0.3) is 0 Å². The number of hydrogen-bond acceptors (Lipinski definition) is 6. The van der Waals surface area contributed by atoms with Crippen molar-refractivity contribution in [3.8, 4) is 0 Å². The summed E-state index contributed by atoms with van der Waals surface area (Å²) in [7, 11) is 0. The van der Waals surface area contributed by atoms with Crippen LogP contribution in [0.4, 0.5) is 0 Å². The van der Waals surface area contributed by atoms with Crippen molar-refractivity contribution < 1.29 is 4.79 Å². The number of amides is 1. The van der Waals surface area contributed by atoms with Crippen LogP contribution in [0.15, 0.2) is 16.7 Å². The van der Waals surface area contributed by atoms with Crippen LogP contribution < -0.4 is 5.32 Å². The predicted octanol–water partition coefficient (Wildman–Crippen LogP) is 3.09. The van der Waals surface area contributed by atoms with Gasteiger partial charge in [0.05, 0.1) is 16.5 Å². The smallest absolute Gasteiger partial charge is 0.233 e. The first-order chi connectivity index (χ1) is 11.0. The van der Waals surface area contributed by atoms with Crippen LogP contribution in [0, 0.1) is 20.8 Å². The van der Waals surface area contributed by atoms with Gasteiger partial charge in [0.1, 0.15) is 0 Å². The van der Waals surface area contributed by atoms with E-state index >= 15 is 0 Å². The van der Waals surface area contributed by atoms with E-state index in [0.29, 0.717) is 11.7 Å². The molecular formula is C16H22N4OS2. The zero-order valence-electron chi connectivity index (χ0n) is 13.9. The molecule has 7 heteroatoms. The van der Waals surface area contributed by atoms with Crippen molar-refractivity contribution in [2.45, 2.75) is 50.9 Å². The molecule has 0 spiro atoms. The zero-order chi connectivity index (χ0) is 16.8. The molecular weight excluding hydrogens is 328 g/mol. The minimum Gasteiger partial charge on any atom is -0.355 e. The number of carbonyl (C=O) groups excluding carboxylic acids is 1. The number of nitrogens with one attached hydrogen (secondary N) is 1. The van der Waals surface area contributed by atoms with Crippen molar-refractivity contribution in [2.75, 3.05) is 6.54 Å². The van der Waals surface area contributed by atoms with Crippen LogP contribution in [0.2, 0.25) is 0 Å². The van der Waals surface area contributed by atoms with Gasteiger partial charge >= 0.3 is 0 Å². The molecule has 1 N–H and O–H groups in total. The standard InChI is InChI=1S/C16H22N4OS2/c1-10-8-11(2)20-16(19-10)23-13(4)15(21)17-7-5-6-14-12(3)18-9-22-14/h8-9,13H,5-7H2,1-4H3,(H,17,21)/t13-/m0/s1. The zero-order valence-corrected chi connectivity index (χ0v) is 15.6. The summed E-state index contributed by atoms with van der Waals surface area (Å²) in [5.41, 5.74) is 4.81. The Bertz CT molecular complexity index is 652. The summed E-state index contributed by atoms with van der Waals surface area (Å²) in [6.07, 6.45) is 1.88. The molecule has 0 aromatic carbocycles. The maximum Gasteiger partial charge on any atom is 0.233 e. The van der Waals surface area contributed by atoms with Crippen molar-refractivity contribution in [3.05, 3.63) is 33.5 Å². The summed E-state index contributed by atoms with van der Waals surface area (Å²) >= 11 is 3.07. The fourth-order valence-corrected chi connectivity index (χ4v) is 3.85. The lowest BCUT2D eigenvalue weighted by atomic mass is 10.2. The number of thioether (sulfide) groups is 1. The average Bonchev–Trinajstić information content (AvgIpc) is 2.87. The highest BCUT2D eigenvalue weighted by atomic mass is 32.2. The molecule has 0 unspecified atom stereocenters. The van der Waals surface area contributed by atoms with Crippen LogP contribution in [0.25, 0.3) is 0 Å². The van der Waals surface area contributed by atoms with Crippen LogP contribution in [-0.4, -0.2) is 32.7 Å². The number of hydrogen-bond donors (Lipinski definition) is 1. The van der Waals surface area contributed by atoms with E-state index < -0.39 is 0 Å². The Hall–Kier alpha value is -1.47. The van der Waals surface area contributed by atoms with Crippen molar-refractivity contribution in [1.29, 1.82) is 0 Å². The van der Waals surface area contributed by atoms with E-state index in [1.807, 2.05) is 39.3 Å². The maximum atomic E-state index is 12.1.